The maximum Gasteiger partial charge on any atom is 3.00 e. The average molecular weight is 1140 g/mol. The quantitative estimate of drug-likeness (QED) is 0.107. The molecule has 12 rings (SSSR count). The first-order valence-corrected chi connectivity index (χ1v) is 25.5. The summed E-state index contributed by atoms with van der Waals surface area (Å²) in [6.07, 6.45) is 0. The fraction of sp³-hybridized carbons (Fsp3) is 0.182. The molecule has 9 aromatic carbocycles. The van der Waals surface area contributed by atoms with Crippen LogP contribution >= 0.6 is 11.3 Å². The number of nitrogens with zero attached hydrogens (tertiary/aromatic N) is 4. The van der Waals surface area contributed by atoms with Crippen LogP contribution in [0.4, 0.5) is 0 Å². The van der Waals surface area contributed by atoms with Gasteiger partial charge in [-0.1, -0.05) is 169 Å². The van der Waals surface area contributed by atoms with Gasteiger partial charge in [-0.25, -0.2) is 0 Å². The van der Waals surface area contributed by atoms with E-state index in [0.717, 1.165) is 75.8 Å². The zero-order chi connectivity index (χ0) is 53.3. The van der Waals surface area contributed by atoms with E-state index in [-0.39, 0.29) is 55.9 Å². The Kier molecular flexibility index (Phi) is 12.0. The largest absolute Gasteiger partial charge is 3.00 e. The molecule has 0 saturated carbocycles. The van der Waals surface area contributed by atoms with Crippen LogP contribution in [0.1, 0.15) is 108 Å². The average Bonchev–Trinajstić information content (AvgIpc) is 4.13. The van der Waals surface area contributed by atoms with Gasteiger partial charge in [0.1, 0.15) is 0 Å². The number of benzene rings is 9. The molecule has 0 bridgehead atoms. The molecule has 0 radical (unpaired) electrons. The maximum atomic E-state index is 8.50. The molecule has 0 N–H and O–H groups in total. The number of aromatic nitrogens is 4. The summed E-state index contributed by atoms with van der Waals surface area (Å²) in [5.41, 5.74) is 14.6. The predicted octanol–water partition coefficient (Wildman–Crippen LogP) is 17.7. The van der Waals surface area contributed by atoms with E-state index in [9.17, 15) is 0 Å². The molecule has 0 amide bonds. The summed E-state index contributed by atoms with van der Waals surface area (Å²) in [5.74, 6) is 3.28. The Morgan fingerprint density at radius 1 is 0.597 bits per heavy atom. The Bertz CT molecular complexity index is 4130. The van der Waals surface area contributed by atoms with E-state index < -0.39 is 0 Å². The number of thiophene rings is 1. The number of fused-ring (bicyclic) bond motifs is 6. The fourth-order valence-corrected chi connectivity index (χ4v) is 11.4. The molecule has 3 aromatic heterocycles. The van der Waals surface area contributed by atoms with E-state index in [4.69, 9.17) is 16.8 Å². The molecule has 0 atom stereocenters. The predicted molar refractivity (Wildman–Crippen MR) is 301 cm³/mol. The normalized spacial score (nSPS) is 12.7. The molecule has 0 unspecified atom stereocenters. The van der Waals surface area contributed by atoms with E-state index in [2.05, 4.69) is 180 Å². The van der Waals surface area contributed by atoms with E-state index in [1.807, 2.05) is 48.5 Å². The Labute approximate surface area is 448 Å². The van der Waals surface area contributed by atoms with E-state index in [1.54, 1.807) is 11.3 Å². The van der Waals surface area contributed by atoms with E-state index >= 15 is 0 Å². The first-order chi connectivity index (χ1) is 36.6. The zero-order valence-corrected chi connectivity index (χ0v) is 45.0. The Balaban J connectivity index is 0.000000203. The third-order valence-electron chi connectivity index (χ3n) is 13.6. The summed E-state index contributed by atoms with van der Waals surface area (Å²) >= 11 is 1.70. The van der Waals surface area contributed by atoms with Crippen LogP contribution in [0.3, 0.4) is 0 Å². The molecule has 0 spiro atoms. The maximum absolute atomic E-state index is 8.50. The smallest absolute Gasteiger partial charge is 0.333 e. The minimum atomic E-state index is -0.388. The molecule has 6 heteroatoms. The molecule has 0 fully saturated rings. The molecule has 356 valence electrons. The number of para-hydroxylation sites is 6. The molecule has 72 heavy (non-hydrogen) atoms. The van der Waals surface area contributed by atoms with Gasteiger partial charge in [-0.3, -0.25) is 9.97 Å². The summed E-state index contributed by atoms with van der Waals surface area (Å²) < 4.78 is 48.2. The van der Waals surface area contributed by atoms with E-state index in [1.165, 1.54) is 33.6 Å². The van der Waals surface area contributed by atoms with Crippen molar-refractivity contribution in [3.63, 3.8) is 0 Å². The molecule has 12 aromatic rings. The molecule has 3 heterocycles. The minimum Gasteiger partial charge on any atom is -0.333 e. The van der Waals surface area contributed by atoms with Crippen LogP contribution in [-0.2, 0) is 20.1 Å². The topological polar surface area (TPSA) is 35.8 Å². The first-order valence-electron chi connectivity index (χ1n) is 27.2. The van der Waals surface area contributed by atoms with Crippen LogP contribution in [0.15, 0.2) is 182 Å². The molecule has 0 aliphatic carbocycles. The summed E-state index contributed by atoms with van der Waals surface area (Å²) in [6.45, 7) is 18.0. The number of imidazole rings is 2. The van der Waals surface area contributed by atoms with Crippen LogP contribution in [0, 0.1) is 12.1 Å². The Morgan fingerprint density at radius 2 is 1.26 bits per heavy atom. The molecule has 0 aliphatic heterocycles. The van der Waals surface area contributed by atoms with Gasteiger partial charge in [0, 0.05) is 16.1 Å². The first kappa shape index (κ1) is 42.7. The Hall–Kier alpha value is -6.95. The van der Waals surface area contributed by atoms with Crippen molar-refractivity contribution in [1.82, 2.24) is 14.5 Å². The second-order valence-corrected chi connectivity index (χ2v) is 20.6. The van der Waals surface area contributed by atoms with Crippen molar-refractivity contribution in [2.75, 3.05) is 0 Å². The van der Waals surface area contributed by atoms with Crippen LogP contribution in [-0.4, -0.2) is 9.55 Å². The van der Waals surface area contributed by atoms with Gasteiger partial charge in [-0.15, -0.1) is 54.1 Å². The van der Waals surface area contributed by atoms with Crippen molar-refractivity contribution < 1.29 is 31.5 Å². The third kappa shape index (κ3) is 8.80. The van der Waals surface area contributed by atoms with Gasteiger partial charge in [0.05, 0.1) is 40.6 Å². The zero-order valence-electron chi connectivity index (χ0n) is 46.8. The van der Waals surface area contributed by atoms with Crippen LogP contribution in [0.5, 0.6) is 0 Å². The summed E-state index contributed by atoms with van der Waals surface area (Å²) in [6, 6.07) is 57.8. The van der Waals surface area contributed by atoms with Gasteiger partial charge in [0.2, 0.25) is 0 Å². The number of hydrogen-bond acceptors (Lipinski definition) is 2. The van der Waals surface area contributed by atoms with Crippen molar-refractivity contribution in [3.8, 4) is 45.3 Å². The van der Waals surface area contributed by atoms with Crippen molar-refractivity contribution in [2.24, 2.45) is 0 Å². The standard InChI is InChI=1S/C41H33N2S.C25H25N2.Ir/c1-25(2)31-14-10-15-32(26(3)4)39(31)43-37-19-9-8-18-36(37)42-41(43)34-17-11-16-33-35-23-29-21-20-28(27-12-6-5-7-13-27)22-30(29)24-38(35)44-40(33)34;1-17(2)20-13-10-14-21(18(3)4)24(20)27-23-16-9-8-15-22(23)26-25(27)19-11-6-5-7-12-19;/h5-16,18-26H,1-4H3;5-11,13-18H,1-4H3;/q2*-1;+3/i5D,6D,7D,12D,13D;;. The molecule has 0 aliphatic rings. The summed E-state index contributed by atoms with van der Waals surface area (Å²) in [7, 11) is 0. The van der Waals surface area contributed by atoms with Gasteiger partial charge >= 0.3 is 20.1 Å². The van der Waals surface area contributed by atoms with Crippen molar-refractivity contribution in [2.45, 2.75) is 79.1 Å². The van der Waals surface area contributed by atoms with Crippen LogP contribution in [0.25, 0.3) is 98.3 Å². The molecule has 0 saturated heterocycles. The second kappa shape index (κ2) is 20.3. The second-order valence-electron chi connectivity index (χ2n) is 19.6. The van der Waals surface area contributed by atoms with Crippen molar-refractivity contribution >= 4 is 64.3 Å². The van der Waals surface area contributed by atoms with Gasteiger partial charge < -0.3 is 9.13 Å². The van der Waals surface area contributed by atoms with Gasteiger partial charge in [-0.05, 0) is 120 Å². The molecular formula is C66H58IrN4S+. The van der Waals surface area contributed by atoms with Crippen molar-refractivity contribution in [1.29, 1.82) is 0 Å². The Morgan fingerprint density at radius 3 is 1.96 bits per heavy atom. The number of rotatable bonds is 9. The van der Waals surface area contributed by atoms with Gasteiger partial charge in [0.15, 0.2) is 0 Å². The van der Waals surface area contributed by atoms with Crippen molar-refractivity contribution in [3.05, 3.63) is 216 Å². The number of hydrogen-bond donors (Lipinski definition) is 0. The monoisotopic (exact) mass is 1140 g/mol. The fourth-order valence-electron chi connectivity index (χ4n) is 10.1. The van der Waals surface area contributed by atoms with E-state index in [0.29, 0.717) is 29.2 Å². The minimum absolute atomic E-state index is 0. The SMILES string of the molecule is CC(C)c1cccc(C(C)C)c1-n1c(-c2[c-]cccc2)nc2ccccc21.[2H]c1c([2H])c([2H])c(-c2ccc3cc4c(cc3c2)sc2c(-c3[n-]c5ccccc5[n+]3-c3c(C(C)C)cccc3C(C)C)[c-]ccc24)c([2H])c1[2H].[Ir+3]. The third-order valence-corrected chi connectivity index (χ3v) is 14.8. The summed E-state index contributed by atoms with van der Waals surface area (Å²) in [5, 5.41) is 4.21. The van der Waals surface area contributed by atoms with Gasteiger partial charge in [0.25, 0.3) is 0 Å². The molecule has 4 nitrogen and oxygen atoms in total. The summed E-state index contributed by atoms with van der Waals surface area (Å²) in [4.78, 5) is 10.3. The molecular weight excluding hydrogens is 1070 g/mol. The van der Waals surface area contributed by atoms with Crippen LogP contribution < -0.4 is 9.55 Å². The van der Waals surface area contributed by atoms with Gasteiger partial charge in [-0.2, -0.15) is 11.3 Å². The van der Waals surface area contributed by atoms with Crippen LogP contribution in [0.2, 0.25) is 0 Å².